The summed E-state index contributed by atoms with van der Waals surface area (Å²) in [5, 5.41) is 0. The lowest BCUT2D eigenvalue weighted by molar-refractivity contribution is -0.705. The molecule has 0 unspecified atom stereocenters. The molecule has 3 aromatic heterocycles. The predicted molar refractivity (Wildman–Crippen MR) is 167 cm³/mol. The largest absolute Gasteiger partial charge is 0.292 e. The minimum absolute atomic E-state index is 0.894. The van der Waals surface area contributed by atoms with E-state index in [1.165, 1.54) is 16.7 Å². The Kier molecular flexibility index (Phi) is 9.52. The van der Waals surface area contributed by atoms with Crippen molar-refractivity contribution in [3.05, 3.63) is 164 Å². The van der Waals surface area contributed by atoms with Crippen LogP contribution in [0.5, 0.6) is 0 Å². The van der Waals surface area contributed by atoms with Crippen LogP contribution >= 0.6 is 0 Å². The van der Waals surface area contributed by atoms with E-state index >= 15 is 0 Å². The van der Waals surface area contributed by atoms with Crippen LogP contribution in [-0.2, 0) is 39.3 Å². The van der Waals surface area contributed by atoms with E-state index in [2.05, 4.69) is 179 Å². The van der Waals surface area contributed by atoms with E-state index in [4.69, 9.17) is 0 Å². The summed E-state index contributed by atoms with van der Waals surface area (Å²) in [4.78, 5) is 2.59. The van der Waals surface area contributed by atoms with Gasteiger partial charge in [-0.3, -0.25) is 4.90 Å². The molecule has 6 rings (SSSR count). The molecule has 3 heterocycles. The van der Waals surface area contributed by atoms with Crippen molar-refractivity contribution in [2.45, 2.75) is 39.3 Å². The number of rotatable bonds is 15. The van der Waals surface area contributed by atoms with Crippen molar-refractivity contribution in [2.75, 3.05) is 19.6 Å². The molecule has 0 saturated heterocycles. The minimum Gasteiger partial charge on any atom is -0.292 e. The molecular formula is C36H42N7+3. The zero-order valence-electron chi connectivity index (χ0n) is 24.9. The summed E-state index contributed by atoms with van der Waals surface area (Å²) < 4.78 is 13.7. The molecule has 0 spiro atoms. The van der Waals surface area contributed by atoms with Gasteiger partial charge in [-0.1, -0.05) is 91.0 Å². The Morgan fingerprint density at radius 1 is 0.419 bits per heavy atom. The summed E-state index contributed by atoms with van der Waals surface area (Å²) in [7, 11) is 0. The van der Waals surface area contributed by atoms with Gasteiger partial charge in [0.1, 0.15) is 76.4 Å². The van der Waals surface area contributed by atoms with Crippen molar-refractivity contribution in [3.63, 3.8) is 0 Å². The standard InChI is InChI=1S/C36H42N7/c1-4-10-34(11-5-1)28-41-25-22-38(31-41)19-16-37(17-20-39-23-26-42(32-39)29-35-12-6-2-7-13-35)18-21-40-24-27-43(33-40)30-36-14-8-3-9-15-36/h1-15,22-27,31-33H,16-21,28-30H2/q+3. The first kappa shape index (κ1) is 28.4. The Morgan fingerprint density at radius 2 is 0.721 bits per heavy atom. The van der Waals surface area contributed by atoms with Crippen molar-refractivity contribution in [1.82, 2.24) is 18.6 Å². The molecule has 3 aromatic carbocycles. The summed E-state index contributed by atoms with van der Waals surface area (Å²) in [5.41, 5.74) is 3.96. The summed E-state index contributed by atoms with van der Waals surface area (Å²) >= 11 is 0. The van der Waals surface area contributed by atoms with Gasteiger partial charge in [-0.05, 0) is 16.7 Å². The lowest BCUT2D eigenvalue weighted by Crippen LogP contribution is -2.47. The first-order valence-electron chi connectivity index (χ1n) is 15.2. The SMILES string of the molecule is c1ccc(Cn2cc[n+](CCN(CC[n+]3ccn(Cc4ccccc4)c3)CC[n+]3ccn(Cc4ccccc4)c3)c2)cc1. The van der Waals surface area contributed by atoms with E-state index in [0.717, 1.165) is 58.9 Å². The number of aromatic nitrogens is 6. The lowest BCUT2D eigenvalue weighted by Gasteiger charge is -2.19. The van der Waals surface area contributed by atoms with Crippen LogP contribution in [0, 0.1) is 0 Å². The average molecular weight is 573 g/mol. The summed E-state index contributed by atoms with van der Waals surface area (Å²) in [5.74, 6) is 0. The van der Waals surface area contributed by atoms with Crippen molar-refractivity contribution in [2.24, 2.45) is 0 Å². The van der Waals surface area contributed by atoms with Gasteiger partial charge in [-0.2, -0.15) is 0 Å². The first-order valence-corrected chi connectivity index (χ1v) is 15.2. The summed E-state index contributed by atoms with van der Waals surface area (Å²) in [6.07, 6.45) is 19.8. The van der Waals surface area contributed by atoms with Crippen LogP contribution in [0.4, 0.5) is 0 Å². The quantitative estimate of drug-likeness (QED) is 0.172. The van der Waals surface area contributed by atoms with Gasteiger partial charge in [0.2, 0.25) is 19.0 Å². The van der Waals surface area contributed by atoms with Gasteiger partial charge in [0.05, 0.1) is 0 Å². The fraction of sp³-hybridized carbons (Fsp3) is 0.250. The second kappa shape index (κ2) is 14.4. The van der Waals surface area contributed by atoms with Crippen LogP contribution in [0.2, 0.25) is 0 Å². The van der Waals surface area contributed by atoms with Crippen molar-refractivity contribution in [1.29, 1.82) is 0 Å². The van der Waals surface area contributed by atoms with Gasteiger partial charge in [-0.15, -0.1) is 0 Å². The molecule has 0 aliphatic carbocycles. The Bertz CT molecular complexity index is 1450. The van der Waals surface area contributed by atoms with Gasteiger partial charge in [-0.25, -0.2) is 27.4 Å². The normalized spacial score (nSPS) is 11.4. The number of hydrogen-bond acceptors (Lipinski definition) is 1. The Morgan fingerprint density at radius 3 is 1.02 bits per heavy atom. The van der Waals surface area contributed by atoms with E-state index in [-0.39, 0.29) is 0 Å². The second-order valence-electron chi connectivity index (χ2n) is 11.3. The number of benzene rings is 3. The summed E-state index contributed by atoms with van der Waals surface area (Å²) in [6, 6.07) is 31.9. The maximum Gasteiger partial charge on any atom is 0.244 e. The van der Waals surface area contributed by atoms with Crippen molar-refractivity contribution < 1.29 is 13.7 Å². The fourth-order valence-electron chi connectivity index (χ4n) is 5.48. The third kappa shape index (κ3) is 8.63. The van der Waals surface area contributed by atoms with Crippen LogP contribution in [0.15, 0.2) is 147 Å². The molecule has 0 radical (unpaired) electrons. The average Bonchev–Trinajstić information content (AvgIpc) is 3.80. The van der Waals surface area contributed by atoms with E-state index in [9.17, 15) is 0 Å². The zero-order chi connectivity index (χ0) is 29.1. The molecule has 7 nitrogen and oxygen atoms in total. The summed E-state index contributed by atoms with van der Waals surface area (Å²) in [6.45, 7) is 8.55. The van der Waals surface area contributed by atoms with Crippen molar-refractivity contribution >= 4 is 0 Å². The third-order valence-electron chi connectivity index (χ3n) is 7.89. The van der Waals surface area contributed by atoms with Gasteiger partial charge in [0.25, 0.3) is 0 Å². The molecule has 6 aromatic rings. The second-order valence-corrected chi connectivity index (χ2v) is 11.3. The Balaban J connectivity index is 1.06. The first-order chi connectivity index (χ1) is 21.2. The molecular weight excluding hydrogens is 530 g/mol. The van der Waals surface area contributed by atoms with Crippen LogP contribution in [0.3, 0.4) is 0 Å². The smallest absolute Gasteiger partial charge is 0.244 e. The van der Waals surface area contributed by atoms with Gasteiger partial charge >= 0.3 is 0 Å². The van der Waals surface area contributed by atoms with E-state index < -0.39 is 0 Å². The molecule has 0 aliphatic heterocycles. The topological polar surface area (TPSA) is 29.7 Å². The number of hydrogen-bond donors (Lipinski definition) is 0. The van der Waals surface area contributed by atoms with E-state index in [1.807, 2.05) is 0 Å². The molecule has 0 saturated carbocycles. The molecule has 0 aliphatic rings. The zero-order valence-corrected chi connectivity index (χ0v) is 24.9. The predicted octanol–water partition coefficient (Wildman–Crippen LogP) is 3.80. The monoisotopic (exact) mass is 572 g/mol. The molecule has 7 heteroatoms. The van der Waals surface area contributed by atoms with Crippen LogP contribution in [-0.4, -0.2) is 38.2 Å². The van der Waals surface area contributed by atoms with Crippen LogP contribution < -0.4 is 13.7 Å². The Hall–Kier alpha value is -4.75. The third-order valence-corrected chi connectivity index (χ3v) is 7.89. The molecule has 0 fully saturated rings. The van der Waals surface area contributed by atoms with E-state index in [1.54, 1.807) is 0 Å². The van der Waals surface area contributed by atoms with E-state index in [0.29, 0.717) is 0 Å². The molecule has 0 amide bonds. The van der Waals surface area contributed by atoms with Crippen molar-refractivity contribution in [3.8, 4) is 0 Å². The van der Waals surface area contributed by atoms with Gasteiger partial charge < -0.3 is 0 Å². The number of imidazole rings is 3. The minimum atomic E-state index is 0.894. The van der Waals surface area contributed by atoms with Crippen LogP contribution in [0.1, 0.15) is 16.7 Å². The number of nitrogens with zero attached hydrogens (tertiary/aromatic N) is 7. The van der Waals surface area contributed by atoms with Crippen LogP contribution in [0.25, 0.3) is 0 Å². The highest BCUT2D eigenvalue weighted by Crippen LogP contribution is 2.03. The van der Waals surface area contributed by atoms with Gasteiger partial charge in [0, 0.05) is 19.6 Å². The molecule has 0 bridgehead atoms. The highest BCUT2D eigenvalue weighted by atomic mass is 15.2. The fourth-order valence-corrected chi connectivity index (χ4v) is 5.48. The Labute approximate surface area is 254 Å². The lowest BCUT2D eigenvalue weighted by atomic mass is 10.2. The molecule has 0 N–H and O–H groups in total. The molecule has 218 valence electrons. The molecule has 0 atom stereocenters. The molecule has 43 heavy (non-hydrogen) atoms. The highest BCUT2D eigenvalue weighted by Gasteiger charge is 2.14. The van der Waals surface area contributed by atoms with Gasteiger partial charge in [0.15, 0.2) is 0 Å². The maximum absolute atomic E-state index is 2.59. The maximum atomic E-state index is 2.59. The highest BCUT2D eigenvalue weighted by molar-refractivity contribution is 5.16.